The fourth-order valence-corrected chi connectivity index (χ4v) is 1.98. The van der Waals surface area contributed by atoms with Crippen LogP contribution in [-0.4, -0.2) is 23.7 Å². The van der Waals surface area contributed by atoms with Gasteiger partial charge < -0.3 is 4.74 Å². The number of carbonyl (C=O) groups excluding carboxylic acids is 1. The van der Waals surface area contributed by atoms with E-state index in [2.05, 4.69) is 4.99 Å². The molecule has 23 heavy (non-hydrogen) atoms. The second-order valence-corrected chi connectivity index (χ2v) is 4.90. The zero-order valence-electron chi connectivity index (χ0n) is 12.2. The molecule has 2 aromatic carbocycles. The van der Waals surface area contributed by atoms with Crippen molar-refractivity contribution >= 4 is 35.2 Å². The number of non-ortho nitro benzene ring substituents is 1. The molecule has 7 heteroatoms. The van der Waals surface area contributed by atoms with Gasteiger partial charge in [-0.05, 0) is 31.2 Å². The third kappa shape index (κ3) is 4.37. The summed E-state index contributed by atoms with van der Waals surface area (Å²) in [6.07, 6.45) is 1.42. The summed E-state index contributed by atoms with van der Waals surface area (Å²) >= 11 is 6.00. The topological polar surface area (TPSA) is 81.8 Å². The summed E-state index contributed by atoms with van der Waals surface area (Å²) in [5, 5.41) is 11.1. The second-order valence-electron chi connectivity index (χ2n) is 4.49. The number of halogens is 1. The molecule has 0 radical (unpaired) electrons. The van der Waals surface area contributed by atoms with Gasteiger partial charge in [-0.3, -0.25) is 15.1 Å². The van der Waals surface area contributed by atoms with E-state index in [0.29, 0.717) is 21.8 Å². The molecule has 0 aliphatic carbocycles. The van der Waals surface area contributed by atoms with Crippen LogP contribution in [0.5, 0.6) is 0 Å². The summed E-state index contributed by atoms with van der Waals surface area (Å²) in [5.74, 6) is -0.432. The van der Waals surface area contributed by atoms with E-state index < -0.39 is 10.9 Å². The number of carbonyl (C=O) groups is 1. The third-order valence-corrected chi connectivity index (χ3v) is 3.24. The monoisotopic (exact) mass is 332 g/mol. The Hall–Kier alpha value is -2.73. The first-order chi connectivity index (χ1) is 11.0. The van der Waals surface area contributed by atoms with Crippen molar-refractivity contribution in [1.82, 2.24) is 0 Å². The standard InChI is InChI=1S/C16H13ClN2O4/c1-2-23-16(20)11-4-3-5-13(8-11)18-10-12-9-14(19(21)22)6-7-15(12)17/h3-10H,2H2,1H3. The number of nitrogens with zero attached hydrogens (tertiary/aromatic N) is 2. The molecule has 6 nitrogen and oxygen atoms in total. The van der Waals surface area contributed by atoms with Crippen LogP contribution in [-0.2, 0) is 4.74 Å². The highest BCUT2D eigenvalue weighted by molar-refractivity contribution is 6.33. The predicted molar refractivity (Wildman–Crippen MR) is 87.8 cm³/mol. The van der Waals surface area contributed by atoms with Crippen LogP contribution in [0, 0.1) is 10.1 Å². The van der Waals surface area contributed by atoms with Gasteiger partial charge >= 0.3 is 5.97 Å². The van der Waals surface area contributed by atoms with Gasteiger partial charge in [0, 0.05) is 28.9 Å². The van der Waals surface area contributed by atoms with Crippen molar-refractivity contribution in [3.8, 4) is 0 Å². The van der Waals surface area contributed by atoms with Gasteiger partial charge in [-0.25, -0.2) is 4.79 Å². The number of esters is 1. The lowest BCUT2D eigenvalue weighted by atomic mass is 10.2. The average Bonchev–Trinajstić information content (AvgIpc) is 2.54. The number of nitro benzene ring substituents is 1. The van der Waals surface area contributed by atoms with Gasteiger partial charge in [-0.1, -0.05) is 17.7 Å². The number of benzene rings is 2. The van der Waals surface area contributed by atoms with E-state index >= 15 is 0 Å². The first-order valence-corrected chi connectivity index (χ1v) is 7.14. The average molecular weight is 333 g/mol. The molecule has 0 bridgehead atoms. The van der Waals surface area contributed by atoms with Crippen LogP contribution in [0.2, 0.25) is 5.02 Å². The summed E-state index contributed by atoms with van der Waals surface area (Å²) in [4.78, 5) is 26.2. The summed E-state index contributed by atoms with van der Waals surface area (Å²) < 4.78 is 4.92. The van der Waals surface area contributed by atoms with Crippen molar-refractivity contribution in [2.24, 2.45) is 4.99 Å². The second kappa shape index (κ2) is 7.51. The van der Waals surface area contributed by atoms with Crippen molar-refractivity contribution in [2.75, 3.05) is 6.61 Å². The minimum Gasteiger partial charge on any atom is -0.462 e. The Morgan fingerprint density at radius 2 is 2.13 bits per heavy atom. The van der Waals surface area contributed by atoms with Crippen LogP contribution in [0.25, 0.3) is 0 Å². The van der Waals surface area contributed by atoms with E-state index in [1.807, 2.05) is 0 Å². The maximum absolute atomic E-state index is 11.7. The minimum absolute atomic E-state index is 0.0730. The molecule has 0 spiro atoms. The van der Waals surface area contributed by atoms with E-state index in [0.717, 1.165) is 0 Å². The lowest BCUT2D eigenvalue weighted by Gasteiger charge is -2.02. The normalized spacial score (nSPS) is 10.7. The van der Waals surface area contributed by atoms with Crippen LogP contribution in [0.1, 0.15) is 22.8 Å². The fourth-order valence-electron chi connectivity index (χ4n) is 1.82. The van der Waals surface area contributed by atoms with Gasteiger partial charge in [0.25, 0.3) is 5.69 Å². The Labute approximate surface area is 137 Å². The molecule has 0 heterocycles. The number of nitro groups is 1. The van der Waals surface area contributed by atoms with Gasteiger partial charge in [0.2, 0.25) is 0 Å². The maximum atomic E-state index is 11.7. The molecular weight excluding hydrogens is 320 g/mol. The first-order valence-electron chi connectivity index (χ1n) is 6.76. The van der Waals surface area contributed by atoms with Crippen molar-refractivity contribution in [3.05, 3.63) is 68.7 Å². The molecule has 0 saturated carbocycles. The molecule has 0 amide bonds. The highest BCUT2D eigenvalue weighted by Gasteiger charge is 2.09. The van der Waals surface area contributed by atoms with Gasteiger partial charge in [0.05, 0.1) is 22.8 Å². The molecule has 0 fully saturated rings. The molecule has 0 aliphatic rings. The van der Waals surface area contributed by atoms with E-state index in [4.69, 9.17) is 16.3 Å². The van der Waals surface area contributed by atoms with Crippen LogP contribution < -0.4 is 0 Å². The highest BCUT2D eigenvalue weighted by atomic mass is 35.5. The smallest absolute Gasteiger partial charge is 0.338 e. The summed E-state index contributed by atoms with van der Waals surface area (Å²) in [7, 11) is 0. The van der Waals surface area contributed by atoms with Crippen LogP contribution in [0.3, 0.4) is 0 Å². The lowest BCUT2D eigenvalue weighted by molar-refractivity contribution is -0.384. The molecule has 0 N–H and O–H groups in total. The number of ether oxygens (including phenoxy) is 1. The van der Waals surface area contributed by atoms with Crippen LogP contribution in [0.4, 0.5) is 11.4 Å². The van der Waals surface area contributed by atoms with Crippen molar-refractivity contribution < 1.29 is 14.5 Å². The largest absolute Gasteiger partial charge is 0.462 e. The fraction of sp³-hybridized carbons (Fsp3) is 0.125. The van der Waals surface area contributed by atoms with E-state index in [9.17, 15) is 14.9 Å². The molecule has 2 aromatic rings. The zero-order valence-corrected chi connectivity index (χ0v) is 13.0. The van der Waals surface area contributed by atoms with Crippen LogP contribution in [0.15, 0.2) is 47.5 Å². The first kappa shape index (κ1) is 16.6. The van der Waals surface area contributed by atoms with Crippen molar-refractivity contribution in [2.45, 2.75) is 6.92 Å². The zero-order chi connectivity index (χ0) is 16.8. The Balaban J connectivity index is 2.27. The van der Waals surface area contributed by atoms with E-state index in [1.54, 1.807) is 31.2 Å². The predicted octanol–water partition coefficient (Wildman–Crippen LogP) is 4.18. The molecule has 0 aromatic heterocycles. The van der Waals surface area contributed by atoms with Crippen molar-refractivity contribution in [1.29, 1.82) is 0 Å². The minimum atomic E-state index is -0.505. The Bertz CT molecular complexity index is 774. The number of hydrogen-bond donors (Lipinski definition) is 0. The Morgan fingerprint density at radius 3 is 2.83 bits per heavy atom. The SMILES string of the molecule is CCOC(=O)c1cccc(N=Cc2cc([N+](=O)[O-])ccc2Cl)c1. The number of aliphatic imine (C=N–C) groups is 1. The highest BCUT2D eigenvalue weighted by Crippen LogP contribution is 2.22. The lowest BCUT2D eigenvalue weighted by Crippen LogP contribution is -2.03. The van der Waals surface area contributed by atoms with E-state index in [1.165, 1.54) is 24.4 Å². The molecule has 0 unspecified atom stereocenters. The maximum Gasteiger partial charge on any atom is 0.338 e. The van der Waals surface area contributed by atoms with Gasteiger partial charge in [0.15, 0.2) is 0 Å². The summed E-state index contributed by atoms with van der Waals surface area (Å²) in [5.41, 5.74) is 1.24. The quantitative estimate of drug-likeness (QED) is 0.356. The van der Waals surface area contributed by atoms with Gasteiger partial charge in [-0.2, -0.15) is 0 Å². The molecule has 0 atom stereocenters. The molecule has 118 valence electrons. The van der Waals surface area contributed by atoms with E-state index in [-0.39, 0.29) is 12.3 Å². The van der Waals surface area contributed by atoms with Gasteiger partial charge in [0.1, 0.15) is 0 Å². The Morgan fingerprint density at radius 1 is 1.35 bits per heavy atom. The molecule has 0 saturated heterocycles. The summed E-state index contributed by atoms with van der Waals surface area (Å²) in [6, 6.07) is 10.7. The van der Waals surface area contributed by atoms with Gasteiger partial charge in [-0.15, -0.1) is 0 Å². The van der Waals surface area contributed by atoms with Crippen LogP contribution >= 0.6 is 11.6 Å². The molecule has 2 rings (SSSR count). The number of hydrogen-bond acceptors (Lipinski definition) is 5. The number of rotatable bonds is 5. The molecule has 0 aliphatic heterocycles. The Kier molecular flexibility index (Phi) is 5.43. The molecular formula is C16H13ClN2O4. The summed E-state index contributed by atoms with van der Waals surface area (Å²) in [6.45, 7) is 2.01. The third-order valence-electron chi connectivity index (χ3n) is 2.90. The van der Waals surface area contributed by atoms with Crippen molar-refractivity contribution in [3.63, 3.8) is 0 Å².